The summed E-state index contributed by atoms with van der Waals surface area (Å²) < 4.78 is 5.00. The van der Waals surface area contributed by atoms with Crippen LogP contribution in [0.25, 0.3) is 10.8 Å². The number of imide groups is 1. The summed E-state index contributed by atoms with van der Waals surface area (Å²) in [6, 6.07) is 9.59. The van der Waals surface area contributed by atoms with Crippen LogP contribution in [0.2, 0.25) is 0 Å². The summed E-state index contributed by atoms with van der Waals surface area (Å²) in [4.78, 5) is 39.8. The number of hydrogen-bond acceptors (Lipinski definition) is 5. The van der Waals surface area contributed by atoms with Crippen LogP contribution in [-0.4, -0.2) is 41.9 Å². The molecule has 2 amide bonds. The molecule has 0 bridgehead atoms. The first-order valence-corrected chi connectivity index (χ1v) is 13.7. The molecule has 1 aliphatic heterocycles. The molecule has 0 atom stereocenters. The standard InChI is InChI=1S/C31H40N2O4/c1-5-27(34)37-20-9-7-6-8-19-32-26-18-17-25-28-23(26)11-10-12-24(28)29(35)33(30(25)36)22-15-13-21(14-16-22)31(2,3)4/h5,10-12,17-18,21-22,32H,1,6-9,13-16,19-20H2,2-4H3. The molecule has 1 saturated carbocycles. The molecule has 1 fully saturated rings. The van der Waals surface area contributed by atoms with Gasteiger partial charge in [0.05, 0.1) is 6.61 Å². The van der Waals surface area contributed by atoms with E-state index in [4.69, 9.17) is 4.74 Å². The average molecular weight is 505 g/mol. The molecule has 1 N–H and O–H groups in total. The predicted molar refractivity (Wildman–Crippen MR) is 148 cm³/mol. The summed E-state index contributed by atoms with van der Waals surface area (Å²) in [5, 5.41) is 5.19. The zero-order valence-electron chi connectivity index (χ0n) is 22.5. The van der Waals surface area contributed by atoms with Crippen molar-refractivity contribution in [2.24, 2.45) is 11.3 Å². The number of carbonyl (C=O) groups is 3. The van der Waals surface area contributed by atoms with Gasteiger partial charge in [0.25, 0.3) is 11.8 Å². The van der Waals surface area contributed by atoms with Gasteiger partial charge >= 0.3 is 5.97 Å². The Labute approximate surface area is 220 Å². The molecule has 4 rings (SSSR count). The van der Waals surface area contributed by atoms with Crippen molar-refractivity contribution in [3.63, 3.8) is 0 Å². The van der Waals surface area contributed by atoms with Crippen LogP contribution in [0.4, 0.5) is 5.69 Å². The minimum absolute atomic E-state index is 0.0277. The Morgan fingerprint density at radius 2 is 1.68 bits per heavy atom. The van der Waals surface area contributed by atoms with Crippen molar-refractivity contribution >= 4 is 34.2 Å². The van der Waals surface area contributed by atoms with Crippen LogP contribution in [0.3, 0.4) is 0 Å². The molecule has 1 aliphatic carbocycles. The number of unbranched alkanes of at least 4 members (excludes halogenated alkanes) is 3. The van der Waals surface area contributed by atoms with Gasteiger partial charge in [0.1, 0.15) is 0 Å². The van der Waals surface area contributed by atoms with Gasteiger partial charge in [-0.15, -0.1) is 0 Å². The third-order valence-corrected chi connectivity index (χ3v) is 8.02. The highest BCUT2D eigenvalue weighted by Gasteiger charge is 2.40. The Hall–Kier alpha value is -3.15. The van der Waals surface area contributed by atoms with E-state index in [2.05, 4.69) is 32.7 Å². The molecule has 37 heavy (non-hydrogen) atoms. The van der Waals surface area contributed by atoms with Gasteiger partial charge in [0, 0.05) is 46.2 Å². The molecule has 0 unspecified atom stereocenters. The first kappa shape index (κ1) is 26.9. The van der Waals surface area contributed by atoms with Gasteiger partial charge < -0.3 is 10.1 Å². The van der Waals surface area contributed by atoms with Gasteiger partial charge in [-0.2, -0.15) is 0 Å². The Morgan fingerprint density at radius 3 is 2.35 bits per heavy atom. The molecule has 198 valence electrons. The summed E-state index contributed by atoms with van der Waals surface area (Å²) >= 11 is 0. The maximum atomic E-state index is 13.6. The lowest BCUT2D eigenvalue weighted by molar-refractivity contribution is -0.137. The van der Waals surface area contributed by atoms with E-state index < -0.39 is 0 Å². The summed E-state index contributed by atoms with van der Waals surface area (Å²) in [5.41, 5.74) is 2.45. The van der Waals surface area contributed by atoms with E-state index in [1.54, 1.807) is 4.90 Å². The van der Waals surface area contributed by atoms with Gasteiger partial charge in [0.2, 0.25) is 0 Å². The number of benzene rings is 2. The Kier molecular flexibility index (Phi) is 8.35. The van der Waals surface area contributed by atoms with E-state index in [0.717, 1.165) is 74.4 Å². The fourth-order valence-electron chi connectivity index (χ4n) is 5.84. The number of amides is 2. The smallest absolute Gasteiger partial charge is 0.330 e. The highest BCUT2D eigenvalue weighted by Crippen LogP contribution is 2.41. The first-order chi connectivity index (χ1) is 17.7. The Morgan fingerprint density at radius 1 is 1.00 bits per heavy atom. The molecular formula is C31H40N2O4. The number of ether oxygens (including phenoxy) is 1. The lowest BCUT2D eigenvalue weighted by Crippen LogP contribution is -2.49. The predicted octanol–water partition coefficient (Wildman–Crippen LogP) is 6.74. The van der Waals surface area contributed by atoms with Crippen LogP contribution >= 0.6 is 0 Å². The molecule has 6 nitrogen and oxygen atoms in total. The normalized spacial score (nSPS) is 19.7. The van der Waals surface area contributed by atoms with Gasteiger partial charge in [-0.1, -0.05) is 45.9 Å². The zero-order chi connectivity index (χ0) is 26.6. The van der Waals surface area contributed by atoms with Crippen LogP contribution < -0.4 is 5.32 Å². The lowest BCUT2D eigenvalue weighted by Gasteiger charge is -2.41. The van der Waals surface area contributed by atoms with Crippen molar-refractivity contribution in [3.05, 3.63) is 54.1 Å². The first-order valence-electron chi connectivity index (χ1n) is 13.7. The van der Waals surface area contributed by atoms with E-state index in [9.17, 15) is 14.4 Å². The van der Waals surface area contributed by atoms with Crippen molar-refractivity contribution in [2.45, 2.75) is 78.2 Å². The fraction of sp³-hybridized carbons (Fsp3) is 0.516. The van der Waals surface area contributed by atoms with Gasteiger partial charge in [0.15, 0.2) is 0 Å². The maximum absolute atomic E-state index is 13.6. The van der Waals surface area contributed by atoms with Gasteiger partial charge in [-0.25, -0.2) is 4.79 Å². The van der Waals surface area contributed by atoms with Crippen LogP contribution in [-0.2, 0) is 9.53 Å². The molecule has 1 heterocycles. The highest BCUT2D eigenvalue weighted by molar-refractivity contribution is 6.26. The van der Waals surface area contributed by atoms with Crippen LogP contribution in [0.5, 0.6) is 0 Å². The van der Waals surface area contributed by atoms with E-state index >= 15 is 0 Å². The van der Waals surface area contributed by atoms with Crippen molar-refractivity contribution in [1.29, 1.82) is 0 Å². The van der Waals surface area contributed by atoms with E-state index in [0.29, 0.717) is 23.7 Å². The van der Waals surface area contributed by atoms with Crippen LogP contribution in [0.15, 0.2) is 43.0 Å². The largest absolute Gasteiger partial charge is 0.463 e. The molecule has 0 saturated heterocycles. The van der Waals surface area contributed by atoms with Crippen molar-refractivity contribution in [3.8, 4) is 0 Å². The van der Waals surface area contributed by atoms with E-state index in [-0.39, 0.29) is 29.2 Å². The molecule has 0 aromatic heterocycles. The number of hydrogen-bond donors (Lipinski definition) is 1. The molecule has 0 radical (unpaired) electrons. The third kappa shape index (κ3) is 5.89. The number of rotatable bonds is 10. The minimum Gasteiger partial charge on any atom is -0.463 e. The summed E-state index contributed by atoms with van der Waals surface area (Å²) in [5.74, 6) is -0.0661. The van der Waals surface area contributed by atoms with Crippen molar-refractivity contribution < 1.29 is 19.1 Å². The SMILES string of the molecule is C=CC(=O)OCCCCCCNc1ccc2c3c(cccc13)C(=O)N(C1CCC(C(C)(C)C)CC1)C2=O. The summed E-state index contributed by atoms with van der Waals surface area (Å²) in [6.07, 6.45) is 8.83. The van der Waals surface area contributed by atoms with Gasteiger partial charge in [-0.05, 0) is 74.5 Å². The molecule has 2 aromatic carbocycles. The molecule has 2 aliphatic rings. The van der Waals surface area contributed by atoms with Crippen molar-refractivity contribution in [2.75, 3.05) is 18.5 Å². The molecule has 2 aromatic rings. The fourth-order valence-corrected chi connectivity index (χ4v) is 5.84. The molecular weight excluding hydrogens is 464 g/mol. The number of nitrogens with zero attached hydrogens (tertiary/aromatic N) is 1. The monoisotopic (exact) mass is 504 g/mol. The Bertz CT molecular complexity index is 1150. The number of anilines is 1. The Balaban J connectivity index is 1.40. The quantitative estimate of drug-likeness (QED) is 0.168. The summed E-state index contributed by atoms with van der Waals surface area (Å²) in [6.45, 7) is 11.4. The second-order valence-corrected chi connectivity index (χ2v) is 11.5. The van der Waals surface area contributed by atoms with Crippen LogP contribution in [0.1, 0.15) is 92.9 Å². The van der Waals surface area contributed by atoms with E-state index in [1.165, 1.54) is 6.08 Å². The molecule has 0 spiro atoms. The van der Waals surface area contributed by atoms with E-state index in [1.807, 2.05) is 30.3 Å². The lowest BCUT2D eigenvalue weighted by atomic mass is 9.71. The second-order valence-electron chi connectivity index (χ2n) is 11.5. The highest BCUT2D eigenvalue weighted by atomic mass is 16.5. The van der Waals surface area contributed by atoms with Gasteiger partial charge in [-0.3, -0.25) is 14.5 Å². The number of nitrogens with one attached hydrogen (secondary N) is 1. The second kappa shape index (κ2) is 11.5. The van der Waals surface area contributed by atoms with Crippen LogP contribution in [0, 0.1) is 11.3 Å². The zero-order valence-corrected chi connectivity index (χ0v) is 22.5. The number of carbonyl (C=O) groups excluding carboxylic acids is 3. The topological polar surface area (TPSA) is 75.7 Å². The summed E-state index contributed by atoms with van der Waals surface area (Å²) in [7, 11) is 0. The third-order valence-electron chi connectivity index (χ3n) is 8.02. The average Bonchev–Trinajstić information content (AvgIpc) is 2.88. The minimum atomic E-state index is -0.377. The molecule has 6 heteroatoms. The number of esters is 1. The maximum Gasteiger partial charge on any atom is 0.330 e. The van der Waals surface area contributed by atoms with Crippen molar-refractivity contribution in [1.82, 2.24) is 4.90 Å².